The SMILES string of the molecule is COC(=O)[C@@H](Cc1ccccc1OC)NC(=O)c1cccc(O)c1. The van der Waals surface area contributed by atoms with Gasteiger partial charge in [0, 0.05) is 12.0 Å². The molecule has 0 bridgehead atoms. The quantitative estimate of drug-likeness (QED) is 0.791. The van der Waals surface area contributed by atoms with Crippen LogP contribution in [0.4, 0.5) is 0 Å². The minimum atomic E-state index is -0.874. The van der Waals surface area contributed by atoms with Crippen molar-refractivity contribution < 1.29 is 24.2 Å². The summed E-state index contributed by atoms with van der Waals surface area (Å²) in [5.74, 6) is -0.439. The number of carbonyl (C=O) groups excluding carboxylic acids is 2. The molecule has 0 spiro atoms. The topological polar surface area (TPSA) is 84.9 Å². The third-order valence-corrected chi connectivity index (χ3v) is 3.52. The fraction of sp³-hybridized carbons (Fsp3) is 0.222. The van der Waals surface area contributed by atoms with Gasteiger partial charge in [-0.2, -0.15) is 0 Å². The van der Waals surface area contributed by atoms with Crippen LogP contribution in [0.3, 0.4) is 0 Å². The van der Waals surface area contributed by atoms with Crippen molar-refractivity contribution in [2.75, 3.05) is 14.2 Å². The number of phenolic OH excluding ortho intramolecular Hbond substituents is 1. The molecule has 2 aromatic carbocycles. The summed E-state index contributed by atoms with van der Waals surface area (Å²) in [5, 5.41) is 12.1. The Balaban J connectivity index is 2.20. The van der Waals surface area contributed by atoms with E-state index in [-0.39, 0.29) is 17.7 Å². The van der Waals surface area contributed by atoms with E-state index in [0.29, 0.717) is 5.75 Å². The van der Waals surface area contributed by atoms with E-state index in [1.54, 1.807) is 18.2 Å². The van der Waals surface area contributed by atoms with Crippen LogP contribution in [0.5, 0.6) is 11.5 Å². The number of phenols is 1. The molecule has 0 aliphatic heterocycles. The van der Waals surface area contributed by atoms with Gasteiger partial charge in [0.1, 0.15) is 17.5 Å². The summed E-state index contributed by atoms with van der Waals surface area (Å²) in [6.07, 6.45) is 0.223. The van der Waals surface area contributed by atoms with Crippen LogP contribution in [-0.2, 0) is 16.0 Å². The van der Waals surface area contributed by atoms with Crippen LogP contribution in [0.1, 0.15) is 15.9 Å². The average molecular weight is 329 g/mol. The summed E-state index contributed by atoms with van der Waals surface area (Å²) >= 11 is 0. The average Bonchev–Trinajstić information content (AvgIpc) is 2.60. The molecule has 0 heterocycles. The van der Waals surface area contributed by atoms with Crippen molar-refractivity contribution in [3.63, 3.8) is 0 Å². The van der Waals surface area contributed by atoms with Crippen LogP contribution in [0.25, 0.3) is 0 Å². The number of para-hydroxylation sites is 1. The van der Waals surface area contributed by atoms with E-state index in [1.807, 2.05) is 18.2 Å². The first-order valence-corrected chi connectivity index (χ1v) is 7.34. The maximum absolute atomic E-state index is 12.3. The van der Waals surface area contributed by atoms with Gasteiger partial charge in [0.25, 0.3) is 5.91 Å². The van der Waals surface area contributed by atoms with Crippen LogP contribution in [0.15, 0.2) is 48.5 Å². The van der Waals surface area contributed by atoms with Crippen LogP contribution >= 0.6 is 0 Å². The number of nitrogens with one attached hydrogen (secondary N) is 1. The molecule has 0 saturated heterocycles. The molecule has 0 unspecified atom stereocenters. The lowest BCUT2D eigenvalue weighted by atomic mass is 10.0. The van der Waals surface area contributed by atoms with Gasteiger partial charge in [0.05, 0.1) is 14.2 Å². The molecular formula is C18H19NO5. The first-order chi connectivity index (χ1) is 11.5. The monoisotopic (exact) mass is 329 g/mol. The normalized spacial score (nSPS) is 11.4. The Kier molecular flexibility index (Phi) is 5.78. The van der Waals surface area contributed by atoms with Gasteiger partial charge in [-0.3, -0.25) is 4.79 Å². The number of aromatic hydroxyl groups is 1. The minimum Gasteiger partial charge on any atom is -0.508 e. The van der Waals surface area contributed by atoms with Crippen LogP contribution in [-0.4, -0.2) is 37.2 Å². The van der Waals surface area contributed by atoms with Gasteiger partial charge in [-0.15, -0.1) is 0 Å². The van der Waals surface area contributed by atoms with Crippen molar-refractivity contribution in [1.82, 2.24) is 5.32 Å². The largest absolute Gasteiger partial charge is 0.508 e. The zero-order valence-corrected chi connectivity index (χ0v) is 13.5. The van der Waals surface area contributed by atoms with Crippen molar-refractivity contribution in [3.05, 3.63) is 59.7 Å². The van der Waals surface area contributed by atoms with Gasteiger partial charge in [0.15, 0.2) is 0 Å². The number of hydrogen-bond donors (Lipinski definition) is 2. The Morgan fingerprint density at radius 3 is 2.54 bits per heavy atom. The van der Waals surface area contributed by atoms with Crippen molar-refractivity contribution in [2.45, 2.75) is 12.5 Å². The highest BCUT2D eigenvalue weighted by molar-refractivity contribution is 5.97. The molecule has 0 aliphatic rings. The van der Waals surface area contributed by atoms with Crippen molar-refractivity contribution in [2.24, 2.45) is 0 Å². The fourth-order valence-electron chi connectivity index (χ4n) is 2.32. The highest BCUT2D eigenvalue weighted by Crippen LogP contribution is 2.19. The van der Waals surface area contributed by atoms with E-state index in [0.717, 1.165) is 5.56 Å². The maximum Gasteiger partial charge on any atom is 0.328 e. The van der Waals surface area contributed by atoms with Crippen molar-refractivity contribution in [1.29, 1.82) is 0 Å². The molecule has 2 rings (SSSR count). The van der Waals surface area contributed by atoms with Crippen LogP contribution in [0.2, 0.25) is 0 Å². The standard InChI is InChI=1S/C18H19NO5/c1-23-16-9-4-3-6-12(16)11-15(18(22)24-2)19-17(21)13-7-5-8-14(20)10-13/h3-10,15,20H,11H2,1-2H3,(H,19,21)/t15-/m1/s1. The van der Waals surface area contributed by atoms with Crippen molar-refractivity contribution in [3.8, 4) is 11.5 Å². The summed E-state index contributed by atoms with van der Waals surface area (Å²) in [5.41, 5.74) is 1.02. The van der Waals surface area contributed by atoms with Crippen molar-refractivity contribution >= 4 is 11.9 Å². The van der Waals surface area contributed by atoms with Gasteiger partial charge in [0.2, 0.25) is 0 Å². The molecule has 1 atom stereocenters. The lowest BCUT2D eigenvalue weighted by Gasteiger charge is -2.18. The highest BCUT2D eigenvalue weighted by Gasteiger charge is 2.24. The first-order valence-electron chi connectivity index (χ1n) is 7.34. The molecule has 6 nitrogen and oxygen atoms in total. The molecule has 24 heavy (non-hydrogen) atoms. The molecule has 0 aromatic heterocycles. The van der Waals surface area contributed by atoms with E-state index < -0.39 is 17.9 Å². The third kappa shape index (κ3) is 4.25. The van der Waals surface area contributed by atoms with Gasteiger partial charge >= 0.3 is 5.97 Å². The number of hydrogen-bond acceptors (Lipinski definition) is 5. The van der Waals surface area contributed by atoms with Gasteiger partial charge < -0.3 is 19.9 Å². The smallest absolute Gasteiger partial charge is 0.328 e. The Hall–Kier alpha value is -3.02. The van der Waals surface area contributed by atoms with Gasteiger partial charge in [-0.1, -0.05) is 24.3 Å². The Bertz CT molecular complexity index is 729. The van der Waals surface area contributed by atoms with E-state index in [4.69, 9.17) is 9.47 Å². The molecular weight excluding hydrogens is 310 g/mol. The summed E-state index contributed by atoms with van der Waals surface area (Å²) < 4.78 is 10.0. The van der Waals surface area contributed by atoms with Gasteiger partial charge in [-0.05, 0) is 29.8 Å². The number of esters is 1. The third-order valence-electron chi connectivity index (χ3n) is 3.52. The number of rotatable bonds is 6. The Morgan fingerprint density at radius 1 is 1.12 bits per heavy atom. The predicted octanol–water partition coefficient (Wildman–Crippen LogP) is 1.91. The number of ether oxygens (including phenoxy) is 2. The number of benzene rings is 2. The zero-order valence-electron chi connectivity index (χ0n) is 13.5. The Labute approximate surface area is 140 Å². The van der Waals surface area contributed by atoms with E-state index >= 15 is 0 Å². The highest BCUT2D eigenvalue weighted by atomic mass is 16.5. The van der Waals surface area contributed by atoms with E-state index in [2.05, 4.69) is 5.32 Å². The molecule has 126 valence electrons. The molecule has 0 saturated carbocycles. The second kappa shape index (κ2) is 8.01. The number of methoxy groups -OCH3 is 2. The summed E-state index contributed by atoms with van der Waals surface area (Å²) in [7, 11) is 2.80. The number of carbonyl (C=O) groups is 2. The van der Waals surface area contributed by atoms with Crippen LogP contribution < -0.4 is 10.1 Å². The molecule has 6 heteroatoms. The predicted molar refractivity (Wildman–Crippen MR) is 88.1 cm³/mol. The maximum atomic E-state index is 12.3. The summed E-state index contributed by atoms with van der Waals surface area (Å²) in [4.78, 5) is 24.3. The van der Waals surface area contributed by atoms with Gasteiger partial charge in [-0.25, -0.2) is 4.79 Å². The minimum absolute atomic E-state index is 0.0259. The second-order valence-corrected chi connectivity index (χ2v) is 5.12. The van der Waals surface area contributed by atoms with E-state index in [9.17, 15) is 14.7 Å². The lowest BCUT2D eigenvalue weighted by molar-refractivity contribution is -0.142. The Morgan fingerprint density at radius 2 is 1.88 bits per heavy atom. The molecule has 0 radical (unpaired) electrons. The molecule has 2 N–H and O–H groups in total. The molecule has 0 aliphatic carbocycles. The molecule has 2 aromatic rings. The summed E-state index contributed by atoms with van der Waals surface area (Å²) in [6, 6.07) is 12.3. The first kappa shape index (κ1) is 17.3. The zero-order chi connectivity index (χ0) is 17.5. The molecule has 1 amide bonds. The fourth-order valence-corrected chi connectivity index (χ4v) is 2.32. The van der Waals surface area contributed by atoms with E-state index in [1.165, 1.54) is 26.4 Å². The number of amides is 1. The second-order valence-electron chi connectivity index (χ2n) is 5.12. The lowest BCUT2D eigenvalue weighted by Crippen LogP contribution is -2.43. The summed E-state index contributed by atoms with van der Waals surface area (Å²) in [6.45, 7) is 0. The molecule has 0 fully saturated rings. The van der Waals surface area contributed by atoms with Crippen LogP contribution in [0, 0.1) is 0 Å².